The van der Waals surface area contributed by atoms with Gasteiger partial charge in [0, 0.05) is 12.1 Å². The summed E-state index contributed by atoms with van der Waals surface area (Å²) >= 11 is 0. The number of aromatic nitrogens is 3. The minimum atomic E-state index is -0.384. The van der Waals surface area contributed by atoms with Crippen LogP contribution in [0.1, 0.15) is 12.6 Å². The Bertz CT molecular complexity index is 539. The number of rotatable bonds is 5. The Morgan fingerprint density at radius 1 is 1.37 bits per heavy atom. The molecule has 6 heteroatoms. The van der Waals surface area contributed by atoms with Crippen LogP contribution >= 0.6 is 0 Å². The molecule has 2 aromatic rings. The van der Waals surface area contributed by atoms with Gasteiger partial charge in [-0.3, -0.25) is 10.1 Å². The molecule has 0 aliphatic carbocycles. The van der Waals surface area contributed by atoms with Crippen LogP contribution in [0.4, 0.5) is 0 Å². The molecular formula is C13H16N4O2. The number of H-pyrrole nitrogens is 1. The molecule has 1 heterocycles. The number of carbonyl (C=O) groups excluding carboxylic acids is 1. The van der Waals surface area contributed by atoms with Crippen LogP contribution in [0.2, 0.25) is 0 Å². The van der Waals surface area contributed by atoms with E-state index in [4.69, 9.17) is 0 Å². The van der Waals surface area contributed by atoms with Crippen molar-refractivity contribution >= 4 is 5.97 Å². The molecule has 0 aliphatic rings. The van der Waals surface area contributed by atoms with Crippen molar-refractivity contribution in [3.63, 3.8) is 0 Å². The average molecular weight is 260 g/mol. The van der Waals surface area contributed by atoms with E-state index in [1.807, 2.05) is 30.3 Å². The molecule has 0 bridgehead atoms. The molecule has 0 spiro atoms. The zero-order chi connectivity index (χ0) is 13.7. The summed E-state index contributed by atoms with van der Waals surface area (Å²) in [6.45, 7) is 2.19. The molecule has 100 valence electrons. The van der Waals surface area contributed by atoms with E-state index in [-0.39, 0.29) is 12.0 Å². The molecule has 1 unspecified atom stereocenters. The minimum Gasteiger partial charge on any atom is -0.468 e. The topological polar surface area (TPSA) is 79.9 Å². The first-order valence-corrected chi connectivity index (χ1v) is 5.98. The van der Waals surface area contributed by atoms with Crippen molar-refractivity contribution in [2.75, 3.05) is 7.11 Å². The molecule has 1 aromatic carbocycles. The average Bonchev–Trinajstić information content (AvgIpc) is 2.93. The highest BCUT2D eigenvalue weighted by atomic mass is 16.5. The molecule has 19 heavy (non-hydrogen) atoms. The van der Waals surface area contributed by atoms with Crippen LogP contribution in [0.25, 0.3) is 11.3 Å². The Balaban J connectivity index is 2.07. The second kappa shape index (κ2) is 6.10. The standard InChI is InChI=1S/C13H16N4O2/c1-9(13(18)19-2)14-8-11-12(16-17-15-11)10-6-4-3-5-7-10/h3-7,9,14H,8H2,1-2H3,(H,15,16,17). The van der Waals surface area contributed by atoms with Crippen molar-refractivity contribution < 1.29 is 9.53 Å². The normalized spacial score (nSPS) is 12.1. The van der Waals surface area contributed by atoms with Gasteiger partial charge in [0.1, 0.15) is 17.4 Å². The maximum Gasteiger partial charge on any atom is 0.322 e. The molecule has 0 saturated carbocycles. The first-order valence-electron chi connectivity index (χ1n) is 5.98. The molecule has 1 atom stereocenters. The lowest BCUT2D eigenvalue weighted by Crippen LogP contribution is -2.34. The summed E-state index contributed by atoms with van der Waals surface area (Å²) in [5.41, 5.74) is 2.53. The van der Waals surface area contributed by atoms with E-state index in [1.54, 1.807) is 6.92 Å². The SMILES string of the molecule is COC(=O)C(C)NCc1n[nH]nc1-c1ccccc1. The van der Waals surface area contributed by atoms with Crippen molar-refractivity contribution in [2.45, 2.75) is 19.5 Å². The third-order valence-electron chi connectivity index (χ3n) is 2.80. The van der Waals surface area contributed by atoms with Gasteiger partial charge in [0.05, 0.1) is 7.11 Å². The van der Waals surface area contributed by atoms with Crippen molar-refractivity contribution in [1.82, 2.24) is 20.7 Å². The Morgan fingerprint density at radius 3 is 2.79 bits per heavy atom. The van der Waals surface area contributed by atoms with Crippen molar-refractivity contribution in [3.05, 3.63) is 36.0 Å². The number of nitrogens with zero attached hydrogens (tertiary/aromatic N) is 2. The van der Waals surface area contributed by atoms with Crippen LogP contribution in [0.5, 0.6) is 0 Å². The highest BCUT2D eigenvalue weighted by Crippen LogP contribution is 2.18. The van der Waals surface area contributed by atoms with Gasteiger partial charge in [-0.05, 0) is 6.92 Å². The molecule has 0 fully saturated rings. The maximum absolute atomic E-state index is 11.3. The second-order valence-electron chi connectivity index (χ2n) is 4.11. The van der Waals surface area contributed by atoms with Crippen LogP contribution in [-0.4, -0.2) is 34.5 Å². The number of carbonyl (C=O) groups is 1. The van der Waals surface area contributed by atoms with Crippen molar-refractivity contribution in [2.24, 2.45) is 0 Å². The summed E-state index contributed by atoms with van der Waals surface area (Å²) in [5.74, 6) is -0.301. The fourth-order valence-electron chi connectivity index (χ4n) is 1.71. The summed E-state index contributed by atoms with van der Waals surface area (Å²) in [4.78, 5) is 11.3. The number of nitrogens with one attached hydrogen (secondary N) is 2. The largest absolute Gasteiger partial charge is 0.468 e. The van der Waals surface area contributed by atoms with E-state index in [2.05, 4.69) is 25.5 Å². The smallest absolute Gasteiger partial charge is 0.322 e. The molecule has 0 amide bonds. The van der Waals surface area contributed by atoms with E-state index in [9.17, 15) is 4.79 Å². The molecular weight excluding hydrogens is 244 g/mol. The lowest BCUT2D eigenvalue weighted by atomic mass is 10.1. The van der Waals surface area contributed by atoms with Gasteiger partial charge in [-0.1, -0.05) is 30.3 Å². The fraction of sp³-hybridized carbons (Fsp3) is 0.308. The van der Waals surface area contributed by atoms with E-state index < -0.39 is 0 Å². The number of methoxy groups -OCH3 is 1. The summed E-state index contributed by atoms with van der Waals surface area (Å²) in [6, 6.07) is 9.37. The number of aromatic amines is 1. The molecule has 2 N–H and O–H groups in total. The van der Waals surface area contributed by atoms with Crippen LogP contribution in [-0.2, 0) is 16.1 Å². The third-order valence-corrected chi connectivity index (χ3v) is 2.80. The van der Waals surface area contributed by atoms with Gasteiger partial charge >= 0.3 is 5.97 Å². The maximum atomic E-state index is 11.3. The van der Waals surface area contributed by atoms with Gasteiger partial charge in [-0.25, -0.2) is 0 Å². The van der Waals surface area contributed by atoms with Gasteiger partial charge in [0.25, 0.3) is 0 Å². The van der Waals surface area contributed by atoms with Gasteiger partial charge in [-0.15, -0.1) is 0 Å². The van der Waals surface area contributed by atoms with Crippen LogP contribution in [0.3, 0.4) is 0 Å². The van der Waals surface area contributed by atoms with Crippen molar-refractivity contribution in [3.8, 4) is 11.3 Å². The highest BCUT2D eigenvalue weighted by Gasteiger charge is 2.15. The zero-order valence-electron chi connectivity index (χ0n) is 10.9. The first-order chi connectivity index (χ1) is 9.22. The number of hydrogen-bond donors (Lipinski definition) is 2. The molecule has 2 rings (SSSR count). The number of benzene rings is 1. The lowest BCUT2D eigenvalue weighted by molar-refractivity contribution is -0.142. The monoisotopic (exact) mass is 260 g/mol. The van der Waals surface area contributed by atoms with Gasteiger partial charge in [0.2, 0.25) is 0 Å². The van der Waals surface area contributed by atoms with E-state index in [0.717, 1.165) is 17.0 Å². The molecule has 1 aromatic heterocycles. The van der Waals surface area contributed by atoms with Gasteiger partial charge in [0.15, 0.2) is 0 Å². The Morgan fingerprint density at radius 2 is 2.11 bits per heavy atom. The molecule has 0 saturated heterocycles. The lowest BCUT2D eigenvalue weighted by Gasteiger charge is -2.10. The Hall–Kier alpha value is -2.21. The Labute approximate surface area is 111 Å². The number of ether oxygens (including phenoxy) is 1. The molecule has 0 radical (unpaired) electrons. The van der Waals surface area contributed by atoms with Crippen LogP contribution in [0, 0.1) is 0 Å². The van der Waals surface area contributed by atoms with Crippen LogP contribution in [0.15, 0.2) is 30.3 Å². The second-order valence-corrected chi connectivity index (χ2v) is 4.11. The third kappa shape index (κ3) is 3.17. The summed E-state index contributed by atoms with van der Waals surface area (Å²) in [7, 11) is 1.37. The van der Waals surface area contributed by atoms with Crippen LogP contribution < -0.4 is 5.32 Å². The van der Waals surface area contributed by atoms with Crippen molar-refractivity contribution in [1.29, 1.82) is 0 Å². The Kier molecular flexibility index (Phi) is 4.25. The summed E-state index contributed by atoms with van der Waals surface area (Å²) in [5, 5.41) is 13.9. The molecule has 0 aliphatic heterocycles. The summed E-state index contributed by atoms with van der Waals surface area (Å²) < 4.78 is 4.65. The predicted octanol–water partition coefficient (Wildman–Crippen LogP) is 1.12. The van der Waals surface area contributed by atoms with Gasteiger partial charge in [-0.2, -0.15) is 15.4 Å². The van der Waals surface area contributed by atoms with E-state index in [0.29, 0.717) is 6.54 Å². The quantitative estimate of drug-likeness (QED) is 0.788. The number of hydrogen-bond acceptors (Lipinski definition) is 5. The highest BCUT2D eigenvalue weighted by molar-refractivity contribution is 5.75. The van der Waals surface area contributed by atoms with E-state index >= 15 is 0 Å². The fourth-order valence-corrected chi connectivity index (χ4v) is 1.71. The first kappa shape index (κ1) is 13.2. The van der Waals surface area contributed by atoms with E-state index in [1.165, 1.54) is 7.11 Å². The summed E-state index contributed by atoms with van der Waals surface area (Å²) in [6.07, 6.45) is 0. The predicted molar refractivity (Wildman–Crippen MR) is 70.1 cm³/mol. The zero-order valence-corrected chi connectivity index (χ0v) is 10.9. The molecule has 6 nitrogen and oxygen atoms in total. The minimum absolute atomic E-state index is 0.301. The van der Waals surface area contributed by atoms with Gasteiger partial charge < -0.3 is 4.74 Å². The number of esters is 1.